The Hall–Kier alpha value is -1.51. The standard InChI is InChI=1S/C14H16O3/c15-14(16)12-6-2-4-10(12)11-5-1-3-9-7-8-17-13(9)11/h1,3,5,10,12H,2,4,6-8H2,(H,15,16). The van der Waals surface area contributed by atoms with Gasteiger partial charge in [-0.15, -0.1) is 0 Å². The number of para-hydroxylation sites is 1. The molecule has 1 aliphatic carbocycles. The second-order valence-corrected chi connectivity index (χ2v) is 4.92. The molecule has 1 aliphatic heterocycles. The number of hydrogen-bond acceptors (Lipinski definition) is 2. The van der Waals surface area contributed by atoms with Crippen LogP contribution in [0.1, 0.15) is 36.3 Å². The van der Waals surface area contributed by atoms with Crippen LogP contribution in [0.5, 0.6) is 5.75 Å². The summed E-state index contributed by atoms with van der Waals surface area (Å²) in [5.41, 5.74) is 2.35. The van der Waals surface area contributed by atoms with Crippen molar-refractivity contribution in [3.63, 3.8) is 0 Å². The topological polar surface area (TPSA) is 46.5 Å². The molecule has 0 aromatic heterocycles. The highest BCUT2D eigenvalue weighted by atomic mass is 16.5. The summed E-state index contributed by atoms with van der Waals surface area (Å²) in [5, 5.41) is 9.25. The lowest BCUT2D eigenvalue weighted by Gasteiger charge is -2.18. The third-order valence-electron chi connectivity index (χ3n) is 3.98. The van der Waals surface area contributed by atoms with Crippen LogP contribution >= 0.6 is 0 Å². The molecule has 1 N–H and O–H groups in total. The molecular weight excluding hydrogens is 216 g/mol. The van der Waals surface area contributed by atoms with E-state index in [1.165, 1.54) is 5.56 Å². The zero-order valence-corrected chi connectivity index (χ0v) is 9.69. The molecule has 1 aromatic rings. The minimum absolute atomic E-state index is 0.139. The van der Waals surface area contributed by atoms with Gasteiger partial charge in [0.1, 0.15) is 5.75 Å². The van der Waals surface area contributed by atoms with E-state index in [-0.39, 0.29) is 11.8 Å². The van der Waals surface area contributed by atoms with E-state index in [0.29, 0.717) is 0 Å². The van der Waals surface area contributed by atoms with Gasteiger partial charge in [0.15, 0.2) is 0 Å². The second-order valence-electron chi connectivity index (χ2n) is 4.92. The zero-order valence-electron chi connectivity index (χ0n) is 9.69. The van der Waals surface area contributed by atoms with Crippen molar-refractivity contribution in [1.82, 2.24) is 0 Å². The number of benzene rings is 1. The molecule has 17 heavy (non-hydrogen) atoms. The summed E-state index contributed by atoms with van der Waals surface area (Å²) in [7, 11) is 0. The number of aliphatic carboxylic acids is 1. The van der Waals surface area contributed by atoms with E-state index in [1.807, 2.05) is 12.1 Å². The third-order valence-corrected chi connectivity index (χ3v) is 3.98. The van der Waals surface area contributed by atoms with Gasteiger partial charge in [0, 0.05) is 12.3 Å². The minimum Gasteiger partial charge on any atom is -0.493 e. The van der Waals surface area contributed by atoms with Crippen LogP contribution in [-0.2, 0) is 11.2 Å². The third kappa shape index (κ3) is 1.70. The van der Waals surface area contributed by atoms with Gasteiger partial charge in [-0.1, -0.05) is 24.6 Å². The molecule has 1 aromatic carbocycles. The van der Waals surface area contributed by atoms with Gasteiger partial charge >= 0.3 is 5.97 Å². The Morgan fingerprint density at radius 2 is 2.24 bits per heavy atom. The molecule has 0 bridgehead atoms. The number of carboxylic acid groups (broad SMARTS) is 1. The van der Waals surface area contributed by atoms with Crippen LogP contribution in [0.3, 0.4) is 0 Å². The van der Waals surface area contributed by atoms with Gasteiger partial charge in [-0.05, 0) is 24.0 Å². The van der Waals surface area contributed by atoms with Crippen molar-refractivity contribution in [2.45, 2.75) is 31.6 Å². The Morgan fingerprint density at radius 1 is 1.35 bits per heavy atom. The highest BCUT2D eigenvalue weighted by molar-refractivity contribution is 5.72. The lowest BCUT2D eigenvalue weighted by Crippen LogP contribution is -2.17. The lowest BCUT2D eigenvalue weighted by molar-refractivity contribution is -0.142. The first-order valence-electron chi connectivity index (χ1n) is 6.25. The molecule has 2 atom stereocenters. The maximum Gasteiger partial charge on any atom is 0.307 e. The van der Waals surface area contributed by atoms with Crippen LogP contribution in [0, 0.1) is 5.92 Å². The molecule has 1 heterocycles. The Balaban J connectivity index is 1.99. The summed E-state index contributed by atoms with van der Waals surface area (Å²) in [6.07, 6.45) is 3.72. The van der Waals surface area contributed by atoms with Gasteiger partial charge in [-0.3, -0.25) is 4.79 Å². The fourth-order valence-corrected chi connectivity index (χ4v) is 3.16. The number of carboxylic acids is 1. The van der Waals surface area contributed by atoms with Crippen molar-refractivity contribution in [1.29, 1.82) is 0 Å². The van der Waals surface area contributed by atoms with Crippen LogP contribution in [0.4, 0.5) is 0 Å². The predicted octanol–water partition coefficient (Wildman–Crippen LogP) is 2.59. The lowest BCUT2D eigenvalue weighted by atomic mass is 9.87. The maximum absolute atomic E-state index is 11.2. The summed E-state index contributed by atoms with van der Waals surface area (Å²) >= 11 is 0. The molecule has 2 aliphatic rings. The first-order chi connectivity index (χ1) is 8.27. The quantitative estimate of drug-likeness (QED) is 0.852. The van der Waals surface area contributed by atoms with E-state index in [1.54, 1.807) is 0 Å². The molecule has 0 amide bonds. The van der Waals surface area contributed by atoms with Crippen LogP contribution in [0.15, 0.2) is 18.2 Å². The average Bonchev–Trinajstić information content (AvgIpc) is 2.97. The van der Waals surface area contributed by atoms with Crippen molar-refractivity contribution in [2.24, 2.45) is 5.92 Å². The molecule has 0 radical (unpaired) electrons. The molecule has 3 rings (SSSR count). The van der Waals surface area contributed by atoms with Crippen LogP contribution in [0.25, 0.3) is 0 Å². The first-order valence-corrected chi connectivity index (χ1v) is 6.25. The number of fused-ring (bicyclic) bond motifs is 1. The van der Waals surface area contributed by atoms with Crippen LogP contribution < -0.4 is 4.74 Å². The zero-order chi connectivity index (χ0) is 11.8. The second kappa shape index (κ2) is 4.06. The number of ether oxygens (including phenoxy) is 1. The van der Waals surface area contributed by atoms with Gasteiger partial charge in [-0.2, -0.15) is 0 Å². The van der Waals surface area contributed by atoms with Crippen molar-refractivity contribution < 1.29 is 14.6 Å². The molecule has 2 unspecified atom stereocenters. The Bertz CT molecular complexity index is 453. The first kappa shape index (κ1) is 10.6. The fraction of sp³-hybridized carbons (Fsp3) is 0.500. The van der Waals surface area contributed by atoms with Crippen LogP contribution in [-0.4, -0.2) is 17.7 Å². The highest BCUT2D eigenvalue weighted by Gasteiger charge is 2.36. The molecule has 90 valence electrons. The number of carbonyl (C=O) groups is 1. The van der Waals surface area contributed by atoms with Crippen molar-refractivity contribution >= 4 is 5.97 Å². The van der Waals surface area contributed by atoms with Crippen molar-refractivity contribution in [3.05, 3.63) is 29.3 Å². The summed E-state index contributed by atoms with van der Waals surface area (Å²) in [5.74, 6) is 0.208. The fourth-order valence-electron chi connectivity index (χ4n) is 3.16. The van der Waals surface area contributed by atoms with Gasteiger partial charge in [0.2, 0.25) is 0 Å². The van der Waals surface area contributed by atoms with Gasteiger partial charge < -0.3 is 9.84 Å². The monoisotopic (exact) mass is 232 g/mol. The van der Waals surface area contributed by atoms with E-state index in [0.717, 1.165) is 43.6 Å². The molecule has 1 fully saturated rings. The van der Waals surface area contributed by atoms with E-state index in [2.05, 4.69) is 6.07 Å². The van der Waals surface area contributed by atoms with E-state index in [9.17, 15) is 9.90 Å². The van der Waals surface area contributed by atoms with Gasteiger partial charge in [0.25, 0.3) is 0 Å². The SMILES string of the molecule is O=C(O)C1CCCC1c1cccc2c1OCC2. The minimum atomic E-state index is -0.664. The van der Waals surface area contributed by atoms with Gasteiger partial charge in [-0.25, -0.2) is 0 Å². The Kier molecular flexibility index (Phi) is 2.54. The van der Waals surface area contributed by atoms with Crippen LogP contribution in [0.2, 0.25) is 0 Å². The number of hydrogen-bond donors (Lipinski definition) is 1. The van der Waals surface area contributed by atoms with Crippen molar-refractivity contribution in [3.8, 4) is 5.75 Å². The van der Waals surface area contributed by atoms with E-state index < -0.39 is 5.97 Å². The smallest absolute Gasteiger partial charge is 0.307 e. The number of rotatable bonds is 2. The summed E-state index contributed by atoms with van der Waals surface area (Å²) in [6, 6.07) is 6.15. The van der Waals surface area contributed by atoms with E-state index >= 15 is 0 Å². The normalized spacial score (nSPS) is 26.6. The Labute approximate surface area is 100 Å². The molecule has 3 heteroatoms. The maximum atomic E-state index is 11.2. The molecule has 3 nitrogen and oxygen atoms in total. The highest BCUT2D eigenvalue weighted by Crippen LogP contribution is 2.45. The van der Waals surface area contributed by atoms with Crippen molar-refractivity contribution in [2.75, 3.05) is 6.61 Å². The molecule has 1 saturated carbocycles. The molecular formula is C14H16O3. The van der Waals surface area contributed by atoms with E-state index in [4.69, 9.17) is 4.74 Å². The molecule has 0 spiro atoms. The summed E-state index contributed by atoms with van der Waals surface area (Å²) in [6.45, 7) is 0.733. The Morgan fingerprint density at radius 3 is 3.06 bits per heavy atom. The average molecular weight is 232 g/mol. The van der Waals surface area contributed by atoms with Gasteiger partial charge in [0.05, 0.1) is 12.5 Å². The largest absolute Gasteiger partial charge is 0.493 e. The molecule has 0 saturated heterocycles. The summed E-state index contributed by atoms with van der Waals surface area (Å²) in [4.78, 5) is 11.2. The summed E-state index contributed by atoms with van der Waals surface area (Å²) < 4.78 is 5.68. The predicted molar refractivity (Wildman–Crippen MR) is 63.4 cm³/mol.